The number of likely N-dealkylation sites (N-methyl/N-ethyl adjacent to an activating group) is 1. The number of rotatable bonds is 3. The second-order valence-electron chi connectivity index (χ2n) is 8.94. The standard InChI is InChI=1S/C24H28ClN5O2/c1-15-5-6-16(2)17(13-15)14-30-22(31)20-21(27(3)24(30)32)26-23-28(11-4-12-29(20)23)19-9-7-18(25)8-10-19/h5-10,13,20-21,23,26H,4,11-12,14H2,1-3H3. The van der Waals surface area contributed by atoms with Gasteiger partial charge in [0.1, 0.15) is 18.5 Å². The number of halogens is 1. The van der Waals surface area contributed by atoms with E-state index in [0.29, 0.717) is 5.02 Å². The third kappa shape index (κ3) is 3.45. The highest BCUT2D eigenvalue weighted by Gasteiger charge is 2.56. The van der Waals surface area contributed by atoms with Gasteiger partial charge in [0, 0.05) is 30.8 Å². The summed E-state index contributed by atoms with van der Waals surface area (Å²) in [4.78, 5) is 34.4. The van der Waals surface area contributed by atoms with Gasteiger partial charge in [-0.3, -0.25) is 19.9 Å². The molecule has 2 aromatic rings. The molecule has 3 aliphatic rings. The molecule has 168 valence electrons. The molecule has 32 heavy (non-hydrogen) atoms. The van der Waals surface area contributed by atoms with Crippen LogP contribution in [0.4, 0.5) is 10.5 Å². The van der Waals surface area contributed by atoms with Gasteiger partial charge in [-0.2, -0.15) is 0 Å². The molecule has 8 heteroatoms. The maximum absolute atomic E-state index is 13.7. The van der Waals surface area contributed by atoms with Gasteiger partial charge in [0.05, 0.1) is 6.54 Å². The molecule has 0 spiro atoms. The highest BCUT2D eigenvalue weighted by Crippen LogP contribution is 2.34. The first-order valence-electron chi connectivity index (χ1n) is 11.0. The number of urea groups is 1. The first-order chi connectivity index (χ1) is 15.3. The molecule has 5 rings (SSSR count). The first-order valence-corrected chi connectivity index (χ1v) is 11.4. The van der Waals surface area contributed by atoms with Crippen LogP contribution in [0.1, 0.15) is 23.1 Å². The van der Waals surface area contributed by atoms with E-state index in [1.165, 1.54) is 4.90 Å². The minimum Gasteiger partial charge on any atom is -0.343 e. The zero-order chi connectivity index (χ0) is 22.6. The summed E-state index contributed by atoms with van der Waals surface area (Å²) in [6.45, 7) is 6.00. The van der Waals surface area contributed by atoms with Gasteiger partial charge in [-0.25, -0.2) is 4.79 Å². The fourth-order valence-corrected chi connectivity index (χ4v) is 5.23. The molecule has 0 bridgehead atoms. The number of nitrogens with zero attached hydrogens (tertiary/aromatic N) is 4. The molecule has 0 aromatic heterocycles. The van der Waals surface area contributed by atoms with Crippen molar-refractivity contribution in [1.82, 2.24) is 20.0 Å². The van der Waals surface area contributed by atoms with Crippen LogP contribution in [-0.4, -0.2) is 65.3 Å². The van der Waals surface area contributed by atoms with Crippen LogP contribution in [0, 0.1) is 13.8 Å². The van der Waals surface area contributed by atoms with Crippen molar-refractivity contribution in [2.24, 2.45) is 0 Å². The molecule has 0 saturated carbocycles. The average Bonchev–Trinajstić information content (AvgIpc) is 3.18. The number of imide groups is 1. The summed E-state index contributed by atoms with van der Waals surface area (Å²) in [6.07, 6.45) is 0.425. The van der Waals surface area contributed by atoms with Crippen LogP contribution < -0.4 is 10.2 Å². The molecule has 2 aromatic carbocycles. The van der Waals surface area contributed by atoms with Crippen molar-refractivity contribution >= 4 is 29.2 Å². The Labute approximate surface area is 193 Å². The molecule has 0 aliphatic carbocycles. The third-order valence-electron chi connectivity index (χ3n) is 6.86. The summed E-state index contributed by atoms with van der Waals surface area (Å²) in [7, 11) is 1.78. The number of anilines is 1. The number of fused-ring (bicyclic) bond motifs is 3. The molecule has 3 heterocycles. The van der Waals surface area contributed by atoms with E-state index < -0.39 is 6.04 Å². The summed E-state index contributed by atoms with van der Waals surface area (Å²) >= 11 is 6.08. The molecule has 3 saturated heterocycles. The van der Waals surface area contributed by atoms with Gasteiger partial charge in [-0.15, -0.1) is 0 Å². The Kier molecular flexibility index (Phi) is 5.35. The number of carbonyl (C=O) groups is 2. The van der Waals surface area contributed by atoms with Crippen molar-refractivity contribution in [2.75, 3.05) is 25.0 Å². The van der Waals surface area contributed by atoms with Crippen molar-refractivity contribution in [1.29, 1.82) is 0 Å². The highest BCUT2D eigenvalue weighted by atomic mass is 35.5. The van der Waals surface area contributed by atoms with Crippen molar-refractivity contribution < 1.29 is 9.59 Å². The van der Waals surface area contributed by atoms with E-state index in [-0.39, 0.29) is 30.9 Å². The van der Waals surface area contributed by atoms with Gasteiger partial charge < -0.3 is 9.80 Å². The lowest BCUT2D eigenvalue weighted by Crippen LogP contribution is -2.66. The largest absolute Gasteiger partial charge is 0.343 e. The Bertz CT molecular complexity index is 1060. The van der Waals surface area contributed by atoms with Crippen LogP contribution in [0.2, 0.25) is 5.02 Å². The minimum atomic E-state index is -0.414. The van der Waals surface area contributed by atoms with E-state index in [4.69, 9.17) is 11.6 Å². The number of hydrogen-bond acceptors (Lipinski definition) is 5. The van der Waals surface area contributed by atoms with E-state index >= 15 is 0 Å². The predicted octanol–water partition coefficient (Wildman–Crippen LogP) is 3.14. The summed E-state index contributed by atoms with van der Waals surface area (Å²) in [5.41, 5.74) is 4.24. The molecule has 3 unspecified atom stereocenters. The number of nitrogens with one attached hydrogen (secondary N) is 1. The summed E-state index contributed by atoms with van der Waals surface area (Å²) in [5.74, 6) is -0.132. The number of hydrogen-bond donors (Lipinski definition) is 1. The van der Waals surface area contributed by atoms with Crippen LogP contribution in [-0.2, 0) is 11.3 Å². The van der Waals surface area contributed by atoms with Crippen molar-refractivity contribution in [2.45, 2.75) is 45.3 Å². The third-order valence-corrected chi connectivity index (χ3v) is 7.11. The Hall–Kier alpha value is -2.61. The normalized spacial score (nSPS) is 25.9. The quantitative estimate of drug-likeness (QED) is 0.773. The fraction of sp³-hybridized carbons (Fsp3) is 0.417. The number of carbonyl (C=O) groups excluding carboxylic acids is 2. The Morgan fingerprint density at radius 2 is 1.81 bits per heavy atom. The molecule has 7 nitrogen and oxygen atoms in total. The SMILES string of the molecule is Cc1ccc(C)c(CN2C(=O)C3C(NC4N(c5ccc(Cl)cc5)CCCN34)N(C)C2=O)c1. The van der Waals surface area contributed by atoms with Gasteiger partial charge in [-0.1, -0.05) is 35.4 Å². The van der Waals surface area contributed by atoms with Gasteiger partial charge in [0.15, 0.2) is 0 Å². The molecule has 3 fully saturated rings. The van der Waals surface area contributed by atoms with Crippen LogP contribution in [0.3, 0.4) is 0 Å². The van der Waals surface area contributed by atoms with Crippen LogP contribution in [0.5, 0.6) is 0 Å². The lowest BCUT2D eigenvalue weighted by Gasteiger charge is -2.44. The van der Waals surface area contributed by atoms with Crippen molar-refractivity contribution in [3.63, 3.8) is 0 Å². The summed E-state index contributed by atoms with van der Waals surface area (Å²) in [6, 6.07) is 13.2. The molecule has 3 amide bonds. The van der Waals surface area contributed by atoms with E-state index in [9.17, 15) is 9.59 Å². The molecular weight excluding hydrogens is 426 g/mol. The topological polar surface area (TPSA) is 59.1 Å². The van der Waals surface area contributed by atoms with Gasteiger partial charge >= 0.3 is 6.03 Å². The Morgan fingerprint density at radius 1 is 1.06 bits per heavy atom. The number of aryl methyl sites for hydroxylation is 2. The molecule has 3 aliphatic heterocycles. The van der Waals surface area contributed by atoms with Gasteiger partial charge in [-0.05, 0) is 55.7 Å². The number of amides is 3. The smallest absolute Gasteiger partial charge is 0.328 e. The van der Waals surface area contributed by atoms with Crippen molar-refractivity contribution in [3.05, 3.63) is 64.2 Å². The van der Waals surface area contributed by atoms with Crippen molar-refractivity contribution in [3.8, 4) is 0 Å². The maximum Gasteiger partial charge on any atom is 0.328 e. The maximum atomic E-state index is 13.7. The van der Waals surface area contributed by atoms with Crippen LogP contribution >= 0.6 is 11.6 Å². The highest BCUT2D eigenvalue weighted by molar-refractivity contribution is 6.30. The summed E-state index contributed by atoms with van der Waals surface area (Å²) in [5, 5.41) is 4.24. The predicted molar refractivity (Wildman–Crippen MR) is 124 cm³/mol. The van der Waals surface area contributed by atoms with E-state index in [1.807, 2.05) is 50.2 Å². The molecule has 3 atom stereocenters. The average molecular weight is 454 g/mol. The van der Waals surface area contributed by atoms with Gasteiger partial charge in [0.2, 0.25) is 0 Å². The van der Waals surface area contributed by atoms with Crippen LogP contribution in [0.25, 0.3) is 0 Å². The van der Waals surface area contributed by atoms with E-state index in [0.717, 1.165) is 41.9 Å². The number of benzene rings is 2. The monoisotopic (exact) mass is 453 g/mol. The first kappa shape index (κ1) is 21.2. The Morgan fingerprint density at radius 3 is 2.56 bits per heavy atom. The molecule has 1 N–H and O–H groups in total. The van der Waals surface area contributed by atoms with Crippen LogP contribution in [0.15, 0.2) is 42.5 Å². The lowest BCUT2D eigenvalue weighted by molar-refractivity contribution is -0.139. The minimum absolute atomic E-state index is 0.132. The Balaban J connectivity index is 1.44. The second kappa shape index (κ2) is 8.06. The second-order valence-corrected chi connectivity index (χ2v) is 9.38. The zero-order valence-corrected chi connectivity index (χ0v) is 19.3. The summed E-state index contributed by atoms with van der Waals surface area (Å²) < 4.78 is 0. The van der Waals surface area contributed by atoms with E-state index in [2.05, 4.69) is 21.2 Å². The fourth-order valence-electron chi connectivity index (χ4n) is 5.10. The lowest BCUT2D eigenvalue weighted by atomic mass is 10.0. The van der Waals surface area contributed by atoms with Gasteiger partial charge in [0.25, 0.3) is 5.91 Å². The van der Waals surface area contributed by atoms with E-state index in [1.54, 1.807) is 11.9 Å². The molecular formula is C24H28ClN5O2. The zero-order valence-electron chi connectivity index (χ0n) is 18.6. The molecule has 0 radical (unpaired) electrons.